The number of fused-ring (bicyclic) bond motifs is 4. The molecule has 0 aromatic heterocycles. The Morgan fingerprint density at radius 2 is 0.466 bits per heavy atom. The summed E-state index contributed by atoms with van der Waals surface area (Å²) in [7, 11) is 0. The van der Waals surface area contributed by atoms with Crippen LogP contribution in [-0.4, -0.2) is 61.5 Å². The van der Waals surface area contributed by atoms with Crippen molar-refractivity contribution >= 4 is 122 Å². The molecule has 0 nitrogen and oxygen atoms in total. The predicted molar refractivity (Wildman–Crippen MR) is 264 cm³/mol. The van der Waals surface area contributed by atoms with Gasteiger partial charge in [0.25, 0.3) is 0 Å². The van der Waals surface area contributed by atoms with Crippen molar-refractivity contribution in [2.24, 2.45) is 0 Å². The molecule has 0 unspecified atom stereocenters. The maximum atomic E-state index is 3.34. The molecule has 0 aliphatic heterocycles. The van der Waals surface area contributed by atoms with E-state index in [2.05, 4.69) is 223 Å². The average Bonchev–Trinajstić information content (AvgIpc) is 3.97. The zero-order valence-electron chi connectivity index (χ0n) is 37.0. The quantitative estimate of drug-likeness (QED) is 0.143. The van der Waals surface area contributed by atoms with Gasteiger partial charge in [0.1, 0.15) is 0 Å². The first kappa shape index (κ1) is 55.6. The minimum atomic E-state index is -1.64. The molecule has 0 N–H and O–H groups in total. The van der Waals surface area contributed by atoms with Gasteiger partial charge >= 0.3 is 385 Å². The number of rotatable bonds is 4. The number of halogens is 2. The van der Waals surface area contributed by atoms with E-state index in [1.165, 1.54) is 91.6 Å². The molecule has 8 heteroatoms. The van der Waals surface area contributed by atoms with Crippen LogP contribution in [0.25, 0.3) is 43.1 Å². The fourth-order valence-corrected chi connectivity index (χ4v) is 20.8. The second-order valence-corrected chi connectivity index (χ2v) is 60.6. The smallest absolute Gasteiger partial charge is 1.00 e. The molecule has 8 rings (SSSR count). The van der Waals surface area contributed by atoms with Gasteiger partial charge in [0.2, 0.25) is 0 Å². The van der Waals surface area contributed by atoms with Crippen molar-refractivity contribution < 1.29 is 73.3 Å². The maximum absolute atomic E-state index is 3.34. The molecule has 8 aromatic carbocycles. The molecule has 0 atom stereocenters. The minimum absolute atomic E-state index is 0. The summed E-state index contributed by atoms with van der Waals surface area (Å²) < 4.78 is 13.2. The Hall–Kier alpha value is -0.422. The normalized spacial score (nSPS) is 11.2. The predicted octanol–water partition coefficient (Wildman–Crippen LogP) is 6.35. The van der Waals surface area contributed by atoms with Gasteiger partial charge in [-0.3, -0.25) is 0 Å². The van der Waals surface area contributed by atoms with E-state index in [0.717, 1.165) is 0 Å². The van der Waals surface area contributed by atoms with E-state index >= 15 is 0 Å². The molecule has 0 saturated carbocycles. The summed E-state index contributed by atoms with van der Waals surface area (Å²) >= 11 is -3.94. The Morgan fingerprint density at radius 1 is 0.310 bits per heavy atom. The van der Waals surface area contributed by atoms with Crippen molar-refractivity contribution in [3.05, 3.63) is 146 Å². The fraction of sp³-hybridized carbons (Fsp3) is 0.240. The van der Waals surface area contributed by atoms with Crippen molar-refractivity contribution in [1.29, 1.82) is 0 Å². The molecule has 58 heavy (non-hydrogen) atoms. The van der Waals surface area contributed by atoms with Crippen LogP contribution in [0.2, 0.25) is 69.1 Å². The van der Waals surface area contributed by atoms with Gasteiger partial charge in [-0.15, -0.1) is 0 Å². The van der Waals surface area contributed by atoms with Crippen molar-refractivity contribution in [2.45, 2.75) is 69.1 Å². The Morgan fingerprint density at radius 3 is 0.621 bits per heavy atom. The van der Waals surface area contributed by atoms with Gasteiger partial charge in [-0.05, 0) is 0 Å². The van der Waals surface area contributed by atoms with Gasteiger partial charge in [0.15, 0.2) is 0 Å². The van der Waals surface area contributed by atoms with Crippen LogP contribution in [0.3, 0.4) is 0 Å². The summed E-state index contributed by atoms with van der Waals surface area (Å²) in [5.41, 5.74) is 0. The number of benzene rings is 4. The van der Waals surface area contributed by atoms with Gasteiger partial charge in [-0.25, -0.2) is 0 Å². The fourth-order valence-electron chi connectivity index (χ4n) is 7.22. The van der Waals surface area contributed by atoms with Crippen LogP contribution < -0.4 is 42.4 Å². The summed E-state index contributed by atoms with van der Waals surface area (Å²) in [4.78, 5) is 0. The molecule has 0 saturated heterocycles. The van der Waals surface area contributed by atoms with E-state index in [0.29, 0.717) is 0 Å². The molecular weight excluding hydrogens is 1140 g/mol. The van der Waals surface area contributed by atoms with Gasteiger partial charge in [-0.2, -0.15) is 0 Å². The molecule has 0 heterocycles. The summed E-state index contributed by atoms with van der Waals surface area (Å²) in [6.07, 6.45) is 0. The summed E-state index contributed by atoms with van der Waals surface area (Å²) in [6.45, 7) is 0. The first-order chi connectivity index (χ1) is 26.4. The first-order valence-corrected chi connectivity index (χ1v) is 52.5. The zero-order chi connectivity index (χ0) is 41.9. The van der Waals surface area contributed by atoms with Crippen molar-refractivity contribution in [3.8, 4) is 0 Å². The van der Waals surface area contributed by atoms with Crippen molar-refractivity contribution in [3.63, 3.8) is 0 Å². The molecule has 0 aliphatic rings. The van der Waals surface area contributed by atoms with Gasteiger partial charge in [-0.1, -0.05) is 0 Å². The van der Waals surface area contributed by atoms with Gasteiger partial charge < -0.3 is 24.8 Å². The average molecular weight is 1210 g/mol. The maximum Gasteiger partial charge on any atom is -1.00 e. The zero-order valence-corrected chi connectivity index (χ0v) is 51.8. The topological polar surface area (TPSA) is 0 Å². The van der Waals surface area contributed by atoms with Crippen molar-refractivity contribution in [1.82, 2.24) is 0 Å². The largest absolute Gasteiger partial charge is 1.00 e. The molecule has 0 amide bonds. The summed E-state index contributed by atoms with van der Waals surface area (Å²) in [5.74, 6) is 29.4. The second kappa shape index (κ2) is 25.0. The van der Waals surface area contributed by atoms with Crippen LogP contribution in [0.4, 0.5) is 0 Å². The molecule has 304 valence electrons. The SMILES string of the molecule is [CH2]=[Zr+2].[CH2]=[Zr+2].[CH3][Ge]([CH3])([CH3])[c]1c[cH-]c2ccccc12.[CH3][Ge]([CH3])([CH3])[c]1c[cH-]c2ccccc12.[CH3][Ge]([CH3])([CH3])[c]1c[cH-]c2ccccc12.[CH3][Ge]([CH3])([CH3])[c]1c[cH-]c2ccccc12.[Cl-].[Cl-]. The summed E-state index contributed by atoms with van der Waals surface area (Å²) in [6, 6.07) is 53.1. The van der Waals surface area contributed by atoms with Gasteiger partial charge in [0.05, 0.1) is 0 Å². The molecule has 8 aromatic rings. The van der Waals surface area contributed by atoms with Crippen LogP contribution in [0, 0.1) is 0 Å². The third-order valence-corrected chi connectivity index (χ3v) is 27.2. The Bertz CT molecular complexity index is 2070. The Kier molecular flexibility index (Phi) is 24.0. The Labute approximate surface area is 404 Å². The molecule has 0 bridgehead atoms. The van der Waals surface area contributed by atoms with Crippen LogP contribution in [0.15, 0.2) is 146 Å². The molecule has 0 fully saturated rings. The summed E-state index contributed by atoms with van der Waals surface area (Å²) in [5, 5.41) is 11.5. The van der Waals surface area contributed by atoms with Crippen LogP contribution in [0.1, 0.15) is 0 Å². The number of hydrogen-bond donors (Lipinski definition) is 0. The molecule has 0 spiro atoms. The monoisotopic (exact) mass is 1210 g/mol. The van der Waals surface area contributed by atoms with E-state index in [1.54, 1.807) is 17.6 Å². The number of hydrogen-bond acceptors (Lipinski definition) is 0. The van der Waals surface area contributed by atoms with Crippen LogP contribution in [0.5, 0.6) is 0 Å². The van der Waals surface area contributed by atoms with E-state index in [4.69, 9.17) is 0 Å². The van der Waals surface area contributed by atoms with Crippen molar-refractivity contribution in [2.75, 3.05) is 0 Å². The van der Waals surface area contributed by atoms with Crippen LogP contribution in [-0.2, 0) is 48.5 Å². The minimum Gasteiger partial charge on any atom is -1.00 e. The van der Waals surface area contributed by atoms with E-state index < -0.39 is 53.1 Å². The molecule has 0 radical (unpaired) electrons. The second-order valence-electron chi connectivity index (χ2n) is 18.3. The van der Waals surface area contributed by atoms with Crippen LogP contribution >= 0.6 is 0 Å². The first-order valence-electron chi connectivity index (χ1n) is 19.7. The Balaban J connectivity index is 0.000000371. The third kappa shape index (κ3) is 15.4. The standard InChI is InChI=1S/4C12H15Ge.2CH2.2ClH.2Zr/c4*1-13(2,3)12-9-8-10-6-4-5-7-11(10)12;;;;;;/h4*4-9H,1-3H3;2*1H2;2*1H;;/q4*-1;;;;;2*+2/p-2. The van der Waals surface area contributed by atoms with Gasteiger partial charge in [0, 0.05) is 0 Å². The van der Waals surface area contributed by atoms with E-state index in [-0.39, 0.29) is 24.8 Å². The molecule has 0 aliphatic carbocycles. The van der Waals surface area contributed by atoms with E-state index in [9.17, 15) is 0 Å². The molecular formula is C50H64Cl2Ge4Zr2-2. The van der Waals surface area contributed by atoms with E-state index in [1.807, 2.05) is 0 Å². The third-order valence-electron chi connectivity index (χ3n) is 9.95.